The van der Waals surface area contributed by atoms with Crippen molar-refractivity contribution in [1.82, 2.24) is 0 Å². The molecule has 0 saturated carbocycles. The van der Waals surface area contributed by atoms with E-state index in [0.29, 0.717) is 5.92 Å². The number of amides is 1. The highest BCUT2D eigenvalue weighted by atomic mass is 16.1. The average Bonchev–Trinajstić information content (AvgIpc) is 1.96. The molecule has 0 heterocycles. The standard InChI is InChI=1S/C11H23NO/c1-6-9(11(3,4)5)7-8(2)10(12)13/h8-9H,6-7H2,1-5H3,(H2,12,13). The van der Waals surface area contributed by atoms with Crippen LogP contribution in [0.4, 0.5) is 0 Å². The maximum Gasteiger partial charge on any atom is 0.220 e. The van der Waals surface area contributed by atoms with Gasteiger partial charge in [0.2, 0.25) is 5.91 Å². The van der Waals surface area contributed by atoms with E-state index in [1.54, 1.807) is 0 Å². The Bertz CT molecular complexity index is 169. The first-order valence-electron chi connectivity index (χ1n) is 5.08. The van der Waals surface area contributed by atoms with Gasteiger partial charge in [0.25, 0.3) is 0 Å². The van der Waals surface area contributed by atoms with Crippen molar-refractivity contribution < 1.29 is 4.79 Å². The Hall–Kier alpha value is -0.530. The van der Waals surface area contributed by atoms with Crippen molar-refractivity contribution in [1.29, 1.82) is 0 Å². The van der Waals surface area contributed by atoms with Crippen LogP contribution in [0, 0.1) is 17.3 Å². The number of primary amides is 1. The summed E-state index contributed by atoms with van der Waals surface area (Å²) in [6, 6.07) is 0. The van der Waals surface area contributed by atoms with Crippen molar-refractivity contribution in [2.24, 2.45) is 23.0 Å². The Labute approximate surface area is 81.9 Å². The molecule has 0 saturated heterocycles. The second-order valence-corrected chi connectivity index (χ2v) is 5.01. The molecule has 2 atom stereocenters. The van der Waals surface area contributed by atoms with Gasteiger partial charge in [0.05, 0.1) is 0 Å². The zero-order valence-corrected chi connectivity index (χ0v) is 9.55. The Morgan fingerprint density at radius 3 is 2.08 bits per heavy atom. The van der Waals surface area contributed by atoms with Crippen LogP contribution in [0.2, 0.25) is 0 Å². The summed E-state index contributed by atoms with van der Waals surface area (Å²) in [5.74, 6) is 0.405. The molecule has 0 aliphatic carbocycles. The second-order valence-electron chi connectivity index (χ2n) is 5.01. The first-order valence-corrected chi connectivity index (χ1v) is 5.08. The SMILES string of the molecule is CCC(CC(C)C(N)=O)C(C)(C)C. The molecule has 2 N–H and O–H groups in total. The van der Waals surface area contributed by atoms with Gasteiger partial charge in [-0.05, 0) is 17.8 Å². The lowest BCUT2D eigenvalue weighted by Gasteiger charge is -2.31. The molecule has 0 aliphatic heterocycles. The van der Waals surface area contributed by atoms with Gasteiger partial charge in [0, 0.05) is 5.92 Å². The maximum absolute atomic E-state index is 10.9. The average molecular weight is 185 g/mol. The van der Waals surface area contributed by atoms with Gasteiger partial charge < -0.3 is 5.73 Å². The molecule has 0 radical (unpaired) electrons. The minimum atomic E-state index is -0.178. The Balaban J connectivity index is 4.22. The maximum atomic E-state index is 10.9. The second kappa shape index (κ2) is 4.64. The van der Waals surface area contributed by atoms with Gasteiger partial charge >= 0.3 is 0 Å². The molecule has 2 heteroatoms. The summed E-state index contributed by atoms with van der Waals surface area (Å²) in [6.07, 6.45) is 2.02. The number of carbonyl (C=O) groups is 1. The van der Waals surface area contributed by atoms with Gasteiger partial charge in [-0.2, -0.15) is 0 Å². The summed E-state index contributed by atoms with van der Waals surface area (Å²) in [6.45, 7) is 10.7. The molecule has 2 unspecified atom stereocenters. The molecule has 0 aromatic heterocycles. The van der Waals surface area contributed by atoms with Crippen LogP contribution in [0.1, 0.15) is 47.5 Å². The number of hydrogen-bond acceptors (Lipinski definition) is 1. The fourth-order valence-electron chi connectivity index (χ4n) is 1.68. The molecule has 0 spiro atoms. The summed E-state index contributed by atoms with van der Waals surface area (Å²) >= 11 is 0. The van der Waals surface area contributed by atoms with Gasteiger partial charge in [0.1, 0.15) is 0 Å². The predicted octanol–water partition coefficient (Wildman–Crippen LogP) is 2.57. The van der Waals surface area contributed by atoms with E-state index in [2.05, 4.69) is 27.7 Å². The summed E-state index contributed by atoms with van der Waals surface area (Å²) in [4.78, 5) is 10.9. The number of rotatable bonds is 4. The van der Waals surface area contributed by atoms with Crippen molar-refractivity contribution >= 4 is 5.91 Å². The van der Waals surface area contributed by atoms with Crippen LogP contribution in [0.5, 0.6) is 0 Å². The van der Waals surface area contributed by atoms with Gasteiger partial charge in [-0.25, -0.2) is 0 Å². The highest BCUT2D eigenvalue weighted by Gasteiger charge is 2.25. The van der Waals surface area contributed by atoms with Crippen LogP contribution in [-0.4, -0.2) is 5.91 Å². The summed E-state index contributed by atoms with van der Waals surface area (Å²) in [5, 5.41) is 0. The van der Waals surface area contributed by atoms with E-state index in [1.807, 2.05) is 6.92 Å². The number of carbonyl (C=O) groups excluding carboxylic acids is 1. The lowest BCUT2D eigenvalue weighted by Crippen LogP contribution is -2.28. The van der Waals surface area contributed by atoms with Gasteiger partial charge in [-0.15, -0.1) is 0 Å². The zero-order chi connectivity index (χ0) is 10.6. The van der Waals surface area contributed by atoms with Crippen LogP contribution in [0.15, 0.2) is 0 Å². The molecule has 0 aromatic rings. The number of hydrogen-bond donors (Lipinski definition) is 1. The molecule has 0 aromatic carbocycles. The summed E-state index contributed by atoms with van der Waals surface area (Å²) < 4.78 is 0. The van der Waals surface area contributed by atoms with E-state index >= 15 is 0 Å². The third-order valence-electron chi connectivity index (χ3n) is 2.84. The summed E-state index contributed by atoms with van der Waals surface area (Å²) in [7, 11) is 0. The van der Waals surface area contributed by atoms with Crippen LogP contribution >= 0.6 is 0 Å². The van der Waals surface area contributed by atoms with Crippen LogP contribution < -0.4 is 5.73 Å². The van der Waals surface area contributed by atoms with Crippen molar-refractivity contribution in [3.05, 3.63) is 0 Å². The molecule has 0 aliphatic rings. The zero-order valence-electron chi connectivity index (χ0n) is 9.55. The normalized spacial score (nSPS) is 16.7. The largest absolute Gasteiger partial charge is 0.369 e. The van der Waals surface area contributed by atoms with E-state index in [0.717, 1.165) is 12.8 Å². The van der Waals surface area contributed by atoms with Gasteiger partial charge in [-0.1, -0.05) is 41.0 Å². The van der Waals surface area contributed by atoms with Crippen molar-refractivity contribution in [2.75, 3.05) is 0 Å². The van der Waals surface area contributed by atoms with E-state index < -0.39 is 0 Å². The molecule has 13 heavy (non-hydrogen) atoms. The smallest absolute Gasteiger partial charge is 0.220 e. The Morgan fingerprint density at radius 1 is 1.38 bits per heavy atom. The van der Waals surface area contributed by atoms with Gasteiger partial charge in [0.15, 0.2) is 0 Å². The highest BCUT2D eigenvalue weighted by Crippen LogP contribution is 2.33. The predicted molar refractivity (Wildman–Crippen MR) is 56.2 cm³/mol. The lowest BCUT2D eigenvalue weighted by atomic mass is 9.74. The van der Waals surface area contributed by atoms with Crippen molar-refractivity contribution in [2.45, 2.75) is 47.5 Å². The molecular formula is C11H23NO. The van der Waals surface area contributed by atoms with Crippen LogP contribution in [0.25, 0.3) is 0 Å². The molecule has 0 rings (SSSR count). The minimum Gasteiger partial charge on any atom is -0.369 e. The topological polar surface area (TPSA) is 43.1 Å². The van der Waals surface area contributed by atoms with E-state index in [1.165, 1.54) is 0 Å². The van der Waals surface area contributed by atoms with Crippen molar-refractivity contribution in [3.8, 4) is 0 Å². The van der Waals surface area contributed by atoms with Gasteiger partial charge in [-0.3, -0.25) is 4.79 Å². The molecule has 2 nitrogen and oxygen atoms in total. The molecular weight excluding hydrogens is 162 g/mol. The fourth-order valence-corrected chi connectivity index (χ4v) is 1.68. The number of nitrogens with two attached hydrogens (primary N) is 1. The quantitative estimate of drug-likeness (QED) is 0.718. The molecule has 1 amide bonds. The third kappa shape index (κ3) is 4.30. The van der Waals surface area contributed by atoms with E-state index in [-0.39, 0.29) is 17.2 Å². The van der Waals surface area contributed by atoms with Crippen molar-refractivity contribution in [3.63, 3.8) is 0 Å². The third-order valence-corrected chi connectivity index (χ3v) is 2.84. The highest BCUT2D eigenvalue weighted by molar-refractivity contribution is 5.76. The van der Waals surface area contributed by atoms with Crippen LogP contribution in [-0.2, 0) is 4.79 Å². The van der Waals surface area contributed by atoms with E-state index in [9.17, 15) is 4.79 Å². The molecule has 0 fully saturated rings. The summed E-state index contributed by atoms with van der Waals surface area (Å²) in [5.41, 5.74) is 5.52. The Kier molecular flexibility index (Phi) is 4.45. The monoisotopic (exact) mass is 185 g/mol. The van der Waals surface area contributed by atoms with Crippen LogP contribution in [0.3, 0.4) is 0 Å². The Morgan fingerprint density at radius 2 is 1.85 bits per heavy atom. The molecule has 0 bridgehead atoms. The molecule has 78 valence electrons. The lowest BCUT2D eigenvalue weighted by molar-refractivity contribution is -0.122. The minimum absolute atomic E-state index is 0.00387. The first kappa shape index (κ1) is 12.5. The van der Waals surface area contributed by atoms with E-state index in [4.69, 9.17) is 5.73 Å². The first-order chi connectivity index (χ1) is 5.79. The fraction of sp³-hybridized carbons (Fsp3) is 0.909.